The lowest BCUT2D eigenvalue weighted by atomic mass is 9.93. The Bertz CT molecular complexity index is 366. The maximum Gasteiger partial charge on any atom is 0.230 e. The van der Waals surface area contributed by atoms with Crippen LogP contribution >= 0.6 is 0 Å². The molecule has 0 N–H and O–H groups in total. The van der Waals surface area contributed by atoms with Gasteiger partial charge in [0, 0.05) is 12.5 Å². The third-order valence-corrected chi connectivity index (χ3v) is 3.45. The Hall–Kier alpha value is -1.25. The van der Waals surface area contributed by atoms with Gasteiger partial charge in [0.2, 0.25) is 13.9 Å². The summed E-state index contributed by atoms with van der Waals surface area (Å²) in [5, 5.41) is 0. The summed E-state index contributed by atoms with van der Waals surface area (Å²) < 4.78 is 0. The second-order valence-corrected chi connectivity index (χ2v) is 4.72. The molecule has 17 heavy (non-hydrogen) atoms. The van der Waals surface area contributed by atoms with Crippen molar-refractivity contribution in [3.05, 3.63) is 35.9 Å². The Morgan fingerprint density at radius 3 is 2.82 bits per heavy atom. The van der Waals surface area contributed by atoms with Crippen molar-refractivity contribution >= 4 is 13.9 Å². The first-order valence-electron chi connectivity index (χ1n) is 6.38. The minimum Gasteiger partial charge on any atom is -0.394 e. The van der Waals surface area contributed by atoms with Gasteiger partial charge in [0.05, 0.1) is 0 Å². The van der Waals surface area contributed by atoms with Gasteiger partial charge in [0.1, 0.15) is 0 Å². The van der Waals surface area contributed by atoms with Crippen molar-refractivity contribution in [2.24, 2.45) is 0 Å². The molecule has 1 aromatic rings. The number of piperidine rings is 1. The summed E-state index contributed by atoms with van der Waals surface area (Å²) in [4.78, 5) is 12.9. The molecule has 1 aliphatic heterocycles. The van der Waals surface area contributed by atoms with Gasteiger partial charge >= 0.3 is 0 Å². The number of carbonyl (C=O) groups is 1. The molecule has 1 aliphatic rings. The zero-order valence-corrected chi connectivity index (χ0v) is 10.1. The van der Waals surface area contributed by atoms with E-state index in [2.05, 4.69) is 24.3 Å². The molecule has 0 aliphatic carbocycles. The lowest BCUT2D eigenvalue weighted by molar-refractivity contribution is -0.130. The predicted molar refractivity (Wildman–Crippen MR) is 69.6 cm³/mol. The van der Waals surface area contributed by atoms with Crippen molar-refractivity contribution in [3.8, 4) is 0 Å². The Labute approximate surface area is 104 Å². The number of hydrogen-bond donors (Lipinski definition) is 0. The van der Waals surface area contributed by atoms with Crippen molar-refractivity contribution in [1.82, 2.24) is 4.81 Å². The normalized spacial score (nSPS) is 20.6. The summed E-state index contributed by atoms with van der Waals surface area (Å²) in [5.41, 5.74) is 1.36. The van der Waals surface area contributed by atoms with Crippen LogP contribution in [-0.4, -0.2) is 24.7 Å². The van der Waals surface area contributed by atoms with E-state index in [0.29, 0.717) is 6.42 Å². The zero-order chi connectivity index (χ0) is 12.1. The van der Waals surface area contributed by atoms with E-state index in [9.17, 15) is 4.79 Å². The minimum atomic E-state index is 0.0981. The van der Waals surface area contributed by atoms with Crippen LogP contribution in [0.1, 0.15) is 37.7 Å². The number of carbonyl (C=O) groups excluding carboxylic acids is 1. The topological polar surface area (TPSA) is 20.3 Å². The summed E-state index contributed by atoms with van der Waals surface area (Å²) in [6.07, 6.45) is 5.83. The molecule has 1 fully saturated rings. The summed E-state index contributed by atoms with van der Waals surface area (Å²) in [6.45, 7) is 0. The Kier molecular flexibility index (Phi) is 4.24. The second kappa shape index (κ2) is 5.90. The summed E-state index contributed by atoms with van der Waals surface area (Å²) in [6, 6.07) is 10.7. The summed E-state index contributed by atoms with van der Waals surface area (Å²) in [7, 11) is 5.79. The van der Waals surface area contributed by atoms with E-state index in [1.165, 1.54) is 10.4 Å². The average Bonchev–Trinajstić information content (AvgIpc) is 2.36. The molecule has 1 amide bonds. The lowest BCUT2D eigenvalue weighted by Crippen LogP contribution is -2.41. The third kappa shape index (κ3) is 3.35. The number of rotatable bonds is 4. The van der Waals surface area contributed by atoms with E-state index < -0.39 is 0 Å². The SMILES string of the molecule is [B]N1C(=O)CCCC1CCCc1ccccc1. The highest BCUT2D eigenvalue weighted by Crippen LogP contribution is 2.20. The molecule has 0 spiro atoms. The zero-order valence-electron chi connectivity index (χ0n) is 10.1. The first-order chi connectivity index (χ1) is 8.27. The highest BCUT2D eigenvalue weighted by Gasteiger charge is 2.23. The molecule has 2 nitrogen and oxygen atoms in total. The van der Waals surface area contributed by atoms with E-state index in [1.807, 2.05) is 6.07 Å². The van der Waals surface area contributed by atoms with Crippen LogP contribution in [0.5, 0.6) is 0 Å². The highest BCUT2D eigenvalue weighted by atomic mass is 16.2. The van der Waals surface area contributed by atoms with Gasteiger partial charge in [0.15, 0.2) is 0 Å². The smallest absolute Gasteiger partial charge is 0.230 e. The molecule has 1 unspecified atom stereocenters. The monoisotopic (exact) mass is 227 g/mol. The largest absolute Gasteiger partial charge is 0.394 e. The number of benzene rings is 1. The van der Waals surface area contributed by atoms with Crippen molar-refractivity contribution in [1.29, 1.82) is 0 Å². The minimum absolute atomic E-state index is 0.0981. The van der Waals surface area contributed by atoms with Gasteiger partial charge in [0.25, 0.3) is 0 Å². The van der Waals surface area contributed by atoms with Crippen LogP contribution in [0.2, 0.25) is 0 Å². The van der Waals surface area contributed by atoms with Gasteiger partial charge in [-0.05, 0) is 37.7 Å². The summed E-state index contributed by atoms with van der Waals surface area (Å²) >= 11 is 0. The van der Waals surface area contributed by atoms with E-state index in [0.717, 1.165) is 32.1 Å². The first kappa shape index (κ1) is 12.2. The molecular formula is C14H18BNO. The number of hydrogen-bond acceptors (Lipinski definition) is 1. The van der Waals surface area contributed by atoms with Crippen molar-refractivity contribution in [3.63, 3.8) is 0 Å². The molecule has 1 saturated heterocycles. The lowest BCUT2D eigenvalue weighted by Gasteiger charge is -2.33. The molecule has 1 heterocycles. The van der Waals surface area contributed by atoms with Gasteiger partial charge in [-0.1, -0.05) is 30.3 Å². The number of aryl methyl sites for hydroxylation is 1. The second-order valence-electron chi connectivity index (χ2n) is 4.72. The molecule has 0 aromatic heterocycles. The molecule has 1 atom stereocenters. The fourth-order valence-corrected chi connectivity index (χ4v) is 2.43. The van der Waals surface area contributed by atoms with E-state index >= 15 is 0 Å². The fourth-order valence-electron chi connectivity index (χ4n) is 2.43. The van der Waals surface area contributed by atoms with Crippen LogP contribution in [0.15, 0.2) is 30.3 Å². The van der Waals surface area contributed by atoms with Crippen molar-refractivity contribution < 1.29 is 4.79 Å². The predicted octanol–water partition coefficient (Wildman–Crippen LogP) is 2.47. The molecule has 2 rings (SSSR count). The van der Waals surface area contributed by atoms with Gasteiger partial charge in [-0.25, -0.2) is 0 Å². The van der Waals surface area contributed by atoms with Crippen LogP contribution in [0.3, 0.4) is 0 Å². The van der Waals surface area contributed by atoms with Crippen LogP contribution in [0, 0.1) is 0 Å². The van der Waals surface area contributed by atoms with Gasteiger partial charge in [-0.15, -0.1) is 0 Å². The Balaban J connectivity index is 1.76. The number of nitrogens with zero attached hydrogens (tertiary/aromatic N) is 1. The average molecular weight is 227 g/mol. The van der Waals surface area contributed by atoms with Crippen LogP contribution < -0.4 is 0 Å². The standard InChI is InChI=1S/C14H18BNO/c15-16-13(10-5-11-14(16)17)9-4-8-12-6-2-1-3-7-12/h1-3,6-7,13H,4-5,8-11H2. The van der Waals surface area contributed by atoms with Crippen LogP contribution in [0.4, 0.5) is 0 Å². The molecule has 88 valence electrons. The van der Waals surface area contributed by atoms with Crippen molar-refractivity contribution in [2.45, 2.75) is 44.6 Å². The van der Waals surface area contributed by atoms with Crippen LogP contribution in [0.25, 0.3) is 0 Å². The molecular weight excluding hydrogens is 209 g/mol. The molecule has 2 radical (unpaired) electrons. The molecule has 0 saturated carbocycles. The quantitative estimate of drug-likeness (QED) is 0.723. The van der Waals surface area contributed by atoms with E-state index in [1.54, 1.807) is 0 Å². The molecule has 3 heteroatoms. The third-order valence-electron chi connectivity index (χ3n) is 3.45. The van der Waals surface area contributed by atoms with Gasteiger partial charge in [-0.3, -0.25) is 4.79 Å². The number of amides is 1. The first-order valence-corrected chi connectivity index (χ1v) is 6.38. The molecule has 1 aromatic carbocycles. The highest BCUT2D eigenvalue weighted by molar-refractivity contribution is 6.14. The molecule has 0 bridgehead atoms. The Morgan fingerprint density at radius 2 is 2.06 bits per heavy atom. The van der Waals surface area contributed by atoms with Gasteiger partial charge < -0.3 is 4.81 Å². The summed E-state index contributed by atoms with van der Waals surface area (Å²) in [5.74, 6) is 0.0981. The van der Waals surface area contributed by atoms with E-state index in [4.69, 9.17) is 7.98 Å². The van der Waals surface area contributed by atoms with E-state index in [-0.39, 0.29) is 11.9 Å². The van der Waals surface area contributed by atoms with Crippen molar-refractivity contribution in [2.75, 3.05) is 0 Å². The Morgan fingerprint density at radius 1 is 1.29 bits per heavy atom. The maximum atomic E-state index is 11.4. The maximum absolute atomic E-state index is 11.4. The fraction of sp³-hybridized carbons (Fsp3) is 0.500. The van der Waals surface area contributed by atoms with Gasteiger partial charge in [-0.2, -0.15) is 0 Å². The van der Waals surface area contributed by atoms with Crippen LogP contribution in [-0.2, 0) is 11.2 Å².